The van der Waals surface area contributed by atoms with Gasteiger partial charge in [0.25, 0.3) is 0 Å². The molecule has 0 saturated carbocycles. The molecule has 2 rings (SSSR count). The van der Waals surface area contributed by atoms with Gasteiger partial charge >= 0.3 is 0 Å². The van der Waals surface area contributed by atoms with Gasteiger partial charge in [-0.1, -0.05) is 26.2 Å². The van der Waals surface area contributed by atoms with Gasteiger partial charge in [-0.3, -0.25) is 4.79 Å². The Morgan fingerprint density at radius 1 is 1.26 bits per heavy atom. The van der Waals surface area contributed by atoms with E-state index in [1.807, 2.05) is 13.0 Å². The quantitative estimate of drug-likeness (QED) is 0.731. The summed E-state index contributed by atoms with van der Waals surface area (Å²) in [4.78, 5) is 16.6. The largest absolute Gasteiger partial charge is 0.478 e. The zero-order valence-electron chi connectivity index (χ0n) is 11.9. The lowest BCUT2D eigenvalue weighted by atomic mass is 9.83. The van der Waals surface area contributed by atoms with Crippen molar-refractivity contribution in [1.82, 2.24) is 4.98 Å². The van der Waals surface area contributed by atoms with E-state index < -0.39 is 0 Å². The van der Waals surface area contributed by atoms with Crippen molar-refractivity contribution in [3.05, 3.63) is 23.4 Å². The van der Waals surface area contributed by atoms with Crippen LogP contribution in [0.5, 0.6) is 5.88 Å². The summed E-state index contributed by atoms with van der Waals surface area (Å²) in [6.45, 7) is 4.76. The number of nitrogens with zero attached hydrogens (tertiary/aromatic N) is 1. The number of ketones is 1. The molecule has 0 aliphatic heterocycles. The molecule has 3 nitrogen and oxygen atoms in total. The van der Waals surface area contributed by atoms with Crippen LogP contribution in [0.1, 0.15) is 62.0 Å². The van der Waals surface area contributed by atoms with E-state index in [0.717, 1.165) is 24.1 Å². The summed E-state index contributed by atoms with van der Waals surface area (Å²) >= 11 is 0. The number of Topliss-reactive ketones (excluding diaryl/α,β-unsaturated/α-hetero) is 1. The molecule has 1 heterocycles. The van der Waals surface area contributed by atoms with Crippen LogP contribution in [-0.2, 0) is 6.42 Å². The van der Waals surface area contributed by atoms with Crippen molar-refractivity contribution >= 4 is 5.78 Å². The Labute approximate surface area is 115 Å². The number of fused-ring (bicyclic) bond motifs is 1. The molecule has 0 spiro atoms. The summed E-state index contributed by atoms with van der Waals surface area (Å²) in [7, 11) is 0. The number of carbonyl (C=O) groups excluding carboxylic acids is 1. The molecular weight excluding hydrogens is 238 g/mol. The van der Waals surface area contributed by atoms with E-state index in [1.54, 1.807) is 6.07 Å². The molecule has 1 aliphatic rings. The standard InChI is InChI=1S/C16H23NO2/c1-3-5-6-7-12-10-14-13(15(18)11-12)8-9-16(17-14)19-4-2/h8-9,12H,3-7,10-11H2,1-2H3. The van der Waals surface area contributed by atoms with Crippen LogP contribution in [0.25, 0.3) is 0 Å². The molecule has 0 bridgehead atoms. The van der Waals surface area contributed by atoms with Crippen LogP contribution >= 0.6 is 0 Å². The van der Waals surface area contributed by atoms with Gasteiger partial charge in [0, 0.05) is 18.1 Å². The van der Waals surface area contributed by atoms with Crippen LogP contribution < -0.4 is 4.74 Å². The SMILES string of the molecule is CCCCCC1CC(=O)c2ccc(OCC)nc2C1. The van der Waals surface area contributed by atoms with Gasteiger partial charge in [-0.25, -0.2) is 4.98 Å². The fourth-order valence-corrected chi connectivity index (χ4v) is 2.72. The molecule has 0 fully saturated rings. The summed E-state index contributed by atoms with van der Waals surface area (Å²) < 4.78 is 5.42. The average molecular weight is 261 g/mol. The Kier molecular flexibility index (Phi) is 4.94. The highest BCUT2D eigenvalue weighted by Gasteiger charge is 2.26. The van der Waals surface area contributed by atoms with Crippen molar-refractivity contribution in [2.75, 3.05) is 6.61 Å². The number of hydrogen-bond acceptors (Lipinski definition) is 3. The minimum absolute atomic E-state index is 0.248. The zero-order chi connectivity index (χ0) is 13.7. The second kappa shape index (κ2) is 6.69. The third-order valence-electron chi connectivity index (χ3n) is 3.71. The molecule has 0 N–H and O–H groups in total. The van der Waals surface area contributed by atoms with E-state index in [2.05, 4.69) is 11.9 Å². The van der Waals surface area contributed by atoms with Crippen LogP contribution in [0.15, 0.2) is 12.1 Å². The fraction of sp³-hybridized carbons (Fsp3) is 0.625. The predicted molar refractivity (Wildman–Crippen MR) is 75.7 cm³/mol. The molecule has 1 unspecified atom stereocenters. The topological polar surface area (TPSA) is 39.2 Å². The maximum Gasteiger partial charge on any atom is 0.213 e. The average Bonchev–Trinajstić information content (AvgIpc) is 2.39. The molecular formula is C16H23NO2. The van der Waals surface area contributed by atoms with Gasteiger partial charge in [-0.15, -0.1) is 0 Å². The second-order valence-electron chi connectivity index (χ2n) is 5.27. The molecule has 104 valence electrons. The first-order valence-electron chi connectivity index (χ1n) is 7.40. The van der Waals surface area contributed by atoms with Crippen molar-refractivity contribution in [2.24, 2.45) is 5.92 Å². The number of ether oxygens (including phenoxy) is 1. The molecule has 0 radical (unpaired) electrons. The molecule has 19 heavy (non-hydrogen) atoms. The highest BCUT2D eigenvalue weighted by Crippen LogP contribution is 2.29. The van der Waals surface area contributed by atoms with Crippen LogP contribution in [-0.4, -0.2) is 17.4 Å². The Morgan fingerprint density at radius 2 is 2.11 bits per heavy atom. The molecule has 1 aliphatic carbocycles. The lowest BCUT2D eigenvalue weighted by molar-refractivity contribution is 0.0943. The lowest BCUT2D eigenvalue weighted by Crippen LogP contribution is -2.21. The molecule has 3 heteroatoms. The zero-order valence-corrected chi connectivity index (χ0v) is 11.9. The van der Waals surface area contributed by atoms with Gasteiger partial charge in [-0.2, -0.15) is 0 Å². The van der Waals surface area contributed by atoms with Crippen molar-refractivity contribution in [3.63, 3.8) is 0 Å². The van der Waals surface area contributed by atoms with E-state index >= 15 is 0 Å². The number of aromatic nitrogens is 1. The first kappa shape index (κ1) is 14.0. The van der Waals surface area contributed by atoms with E-state index in [4.69, 9.17) is 4.74 Å². The lowest BCUT2D eigenvalue weighted by Gasteiger charge is -2.23. The van der Waals surface area contributed by atoms with Crippen LogP contribution in [0.3, 0.4) is 0 Å². The van der Waals surface area contributed by atoms with E-state index in [1.165, 1.54) is 19.3 Å². The van der Waals surface area contributed by atoms with Gasteiger partial charge in [-0.05, 0) is 31.7 Å². The van der Waals surface area contributed by atoms with Crippen molar-refractivity contribution < 1.29 is 9.53 Å². The molecule has 0 saturated heterocycles. The third kappa shape index (κ3) is 3.55. The monoisotopic (exact) mass is 261 g/mol. The van der Waals surface area contributed by atoms with Gasteiger partial charge in [0.05, 0.1) is 12.3 Å². The normalized spacial score (nSPS) is 18.2. The highest BCUT2D eigenvalue weighted by molar-refractivity contribution is 5.98. The van der Waals surface area contributed by atoms with E-state index in [-0.39, 0.29) is 5.78 Å². The molecule has 0 amide bonds. The summed E-state index contributed by atoms with van der Waals surface area (Å²) in [6, 6.07) is 3.68. The van der Waals surface area contributed by atoms with Gasteiger partial charge in [0.2, 0.25) is 5.88 Å². The van der Waals surface area contributed by atoms with Crippen LogP contribution in [0.2, 0.25) is 0 Å². The first-order chi connectivity index (χ1) is 9.24. The number of unbranched alkanes of at least 4 members (excludes halogenated alkanes) is 2. The van der Waals surface area contributed by atoms with Crippen molar-refractivity contribution in [3.8, 4) is 5.88 Å². The maximum atomic E-state index is 12.1. The summed E-state index contributed by atoms with van der Waals surface area (Å²) in [5.41, 5.74) is 1.74. The minimum Gasteiger partial charge on any atom is -0.478 e. The number of hydrogen-bond donors (Lipinski definition) is 0. The molecule has 1 aromatic rings. The first-order valence-corrected chi connectivity index (χ1v) is 7.40. The number of rotatable bonds is 6. The van der Waals surface area contributed by atoms with Crippen LogP contribution in [0, 0.1) is 5.92 Å². The number of pyridine rings is 1. The molecule has 1 aromatic heterocycles. The van der Waals surface area contributed by atoms with Crippen molar-refractivity contribution in [2.45, 2.75) is 52.4 Å². The summed E-state index contributed by atoms with van der Waals surface area (Å²) in [5.74, 6) is 1.36. The molecule has 0 aromatic carbocycles. The number of carbonyl (C=O) groups is 1. The minimum atomic E-state index is 0.248. The van der Waals surface area contributed by atoms with Gasteiger partial charge in [0.15, 0.2) is 5.78 Å². The van der Waals surface area contributed by atoms with Crippen molar-refractivity contribution in [1.29, 1.82) is 0 Å². The smallest absolute Gasteiger partial charge is 0.213 e. The highest BCUT2D eigenvalue weighted by atomic mass is 16.5. The van der Waals surface area contributed by atoms with Crippen LogP contribution in [0.4, 0.5) is 0 Å². The maximum absolute atomic E-state index is 12.1. The second-order valence-corrected chi connectivity index (χ2v) is 5.27. The Hall–Kier alpha value is -1.38. The van der Waals surface area contributed by atoms with E-state index in [0.29, 0.717) is 24.8 Å². The summed E-state index contributed by atoms with van der Waals surface area (Å²) in [5, 5.41) is 0. The van der Waals surface area contributed by atoms with Gasteiger partial charge < -0.3 is 4.74 Å². The third-order valence-corrected chi connectivity index (χ3v) is 3.71. The Morgan fingerprint density at radius 3 is 2.84 bits per heavy atom. The Balaban J connectivity index is 2.07. The fourth-order valence-electron chi connectivity index (χ4n) is 2.72. The predicted octanol–water partition coefficient (Wildman–Crippen LogP) is 3.81. The molecule has 1 atom stereocenters. The summed E-state index contributed by atoms with van der Waals surface area (Å²) in [6.07, 6.45) is 6.44. The van der Waals surface area contributed by atoms with E-state index in [9.17, 15) is 4.79 Å². The van der Waals surface area contributed by atoms with Gasteiger partial charge in [0.1, 0.15) is 0 Å². The Bertz CT molecular complexity index is 442.